The normalized spacial score (nSPS) is 29.1. The Morgan fingerprint density at radius 2 is 2.08 bits per heavy atom. The second-order valence-electron chi connectivity index (χ2n) is 3.80. The van der Waals surface area contributed by atoms with Gasteiger partial charge in [-0.15, -0.1) is 0 Å². The highest BCUT2D eigenvalue weighted by atomic mass is 79.9. The number of hydrogen-bond donors (Lipinski definition) is 0. The number of rotatable bonds is 0. The smallest absolute Gasteiger partial charge is 0.187 e. The van der Waals surface area contributed by atoms with Crippen LogP contribution in [0.25, 0.3) is 0 Å². The number of nitrogens with zero attached hydrogens (tertiary/aromatic N) is 1. The first-order valence-corrected chi connectivity index (χ1v) is 5.74. The van der Waals surface area contributed by atoms with Crippen LogP contribution in [-0.2, 0) is 4.74 Å². The van der Waals surface area contributed by atoms with Crippen LogP contribution in [0, 0.1) is 0 Å². The van der Waals surface area contributed by atoms with Crippen LogP contribution in [0.3, 0.4) is 0 Å². The van der Waals surface area contributed by atoms with E-state index in [1.165, 1.54) is 19.3 Å². The van der Waals surface area contributed by atoms with Crippen LogP contribution < -0.4 is 0 Å². The monoisotopic (exact) mass is 243 g/mol. The minimum atomic E-state index is -0.00810. The van der Waals surface area contributed by atoms with Crippen molar-refractivity contribution in [1.82, 2.24) is 0 Å². The molecule has 13 heavy (non-hydrogen) atoms. The van der Waals surface area contributed by atoms with Crippen molar-refractivity contribution in [2.45, 2.75) is 44.6 Å². The third-order valence-electron chi connectivity index (χ3n) is 2.87. The molecule has 1 fully saturated rings. The SMILES string of the molecule is CC1=NC2(CCCCC2)/C(=C/Br)O1. The van der Waals surface area contributed by atoms with Crippen LogP contribution >= 0.6 is 15.9 Å². The molecule has 3 heteroatoms. The lowest BCUT2D eigenvalue weighted by molar-refractivity contribution is 0.284. The minimum absolute atomic E-state index is 0.00810. The molecule has 1 saturated carbocycles. The molecule has 0 amide bonds. The molecule has 2 aliphatic rings. The molecular weight excluding hydrogens is 230 g/mol. The molecule has 1 spiro atoms. The van der Waals surface area contributed by atoms with Gasteiger partial charge in [-0.3, -0.25) is 0 Å². The summed E-state index contributed by atoms with van der Waals surface area (Å²) in [6.07, 6.45) is 6.16. The molecule has 0 atom stereocenters. The maximum atomic E-state index is 5.57. The Balaban J connectivity index is 2.27. The molecular formula is C10H14BrNO. The van der Waals surface area contributed by atoms with Crippen molar-refractivity contribution in [3.8, 4) is 0 Å². The van der Waals surface area contributed by atoms with E-state index in [-0.39, 0.29) is 5.54 Å². The summed E-state index contributed by atoms with van der Waals surface area (Å²) in [6.45, 7) is 1.93. The molecule has 0 aromatic carbocycles. The molecule has 0 saturated heterocycles. The molecule has 0 radical (unpaired) electrons. The molecule has 2 rings (SSSR count). The van der Waals surface area contributed by atoms with Gasteiger partial charge in [0.1, 0.15) is 11.3 Å². The van der Waals surface area contributed by atoms with Gasteiger partial charge in [-0.05, 0) is 12.8 Å². The molecule has 0 aromatic heterocycles. The zero-order valence-electron chi connectivity index (χ0n) is 7.85. The number of aliphatic imine (C=N–C) groups is 1. The molecule has 1 heterocycles. The van der Waals surface area contributed by atoms with Gasteiger partial charge in [0.15, 0.2) is 5.90 Å². The van der Waals surface area contributed by atoms with Gasteiger partial charge in [0, 0.05) is 11.9 Å². The van der Waals surface area contributed by atoms with E-state index < -0.39 is 0 Å². The summed E-state index contributed by atoms with van der Waals surface area (Å²) in [5.74, 6) is 1.82. The van der Waals surface area contributed by atoms with Crippen LogP contribution in [0.1, 0.15) is 39.0 Å². The Morgan fingerprint density at radius 1 is 1.38 bits per heavy atom. The molecule has 1 aliphatic heterocycles. The van der Waals surface area contributed by atoms with Crippen molar-refractivity contribution in [1.29, 1.82) is 0 Å². The second-order valence-corrected chi connectivity index (χ2v) is 4.26. The van der Waals surface area contributed by atoms with Crippen molar-refractivity contribution in [3.63, 3.8) is 0 Å². The fraction of sp³-hybridized carbons (Fsp3) is 0.700. The van der Waals surface area contributed by atoms with Crippen LogP contribution in [0.5, 0.6) is 0 Å². The summed E-state index contributed by atoms with van der Waals surface area (Å²) in [6, 6.07) is 0. The van der Waals surface area contributed by atoms with E-state index in [1.807, 2.05) is 11.9 Å². The first-order chi connectivity index (χ1) is 6.27. The molecule has 0 bridgehead atoms. The van der Waals surface area contributed by atoms with Crippen LogP contribution in [0.15, 0.2) is 15.7 Å². The van der Waals surface area contributed by atoms with Crippen molar-refractivity contribution >= 4 is 21.8 Å². The van der Waals surface area contributed by atoms with E-state index in [0.717, 1.165) is 24.5 Å². The maximum absolute atomic E-state index is 5.57. The highest BCUT2D eigenvalue weighted by molar-refractivity contribution is 9.11. The quantitative estimate of drug-likeness (QED) is 0.640. The Morgan fingerprint density at radius 3 is 2.69 bits per heavy atom. The summed E-state index contributed by atoms with van der Waals surface area (Å²) in [5, 5.41) is 0. The molecule has 72 valence electrons. The zero-order chi connectivity index (χ0) is 9.31. The highest BCUT2D eigenvalue weighted by Gasteiger charge is 2.41. The van der Waals surface area contributed by atoms with E-state index in [9.17, 15) is 0 Å². The number of halogens is 1. The van der Waals surface area contributed by atoms with Gasteiger partial charge in [0.25, 0.3) is 0 Å². The topological polar surface area (TPSA) is 21.6 Å². The van der Waals surface area contributed by atoms with Crippen molar-refractivity contribution < 1.29 is 4.74 Å². The van der Waals surface area contributed by atoms with Gasteiger partial charge >= 0.3 is 0 Å². The lowest BCUT2D eigenvalue weighted by Gasteiger charge is -2.29. The van der Waals surface area contributed by atoms with E-state index in [2.05, 4.69) is 20.9 Å². The summed E-state index contributed by atoms with van der Waals surface area (Å²) in [4.78, 5) is 6.52. The predicted octanol–water partition coefficient (Wildman–Crippen LogP) is 3.37. The third kappa shape index (κ3) is 1.54. The van der Waals surface area contributed by atoms with Gasteiger partial charge in [-0.25, -0.2) is 4.99 Å². The number of hydrogen-bond acceptors (Lipinski definition) is 2. The van der Waals surface area contributed by atoms with Gasteiger partial charge in [0.2, 0.25) is 0 Å². The van der Waals surface area contributed by atoms with E-state index in [4.69, 9.17) is 4.74 Å². The Kier molecular flexibility index (Phi) is 2.45. The number of ether oxygens (including phenoxy) is 1. The summed E-state index contributed by atoms with van der Waals surface area (Å²) >= 11 is 3.35. The van der Waals surface area contributed by atoms with E-state index in [0.29, 0.717) is 0 Å². The Bertz CT molecular complexity index is 264. The fourth-order valence-electron chi connectivity index (χ4n) is 2.25. The van der Waals surface area contributed by atoms with Gasteiger partial charge in [0.05, 0.1) is 0 Å². The van der Waals surface area contributed by atoms with Crippen molar-refractivity contribution in [2.24, 2.45) is 4.99 Å². The fourth-order valence-corrected chi connectivity index (χ4v) is 2.77. The standard InChI is InChI=1S/C10H14BrNO/c1-8-12-10(9(7-11)13-8)5-3-2-4-6-10/h7H,2-6H2,1H3/b9-7-. The van der Waals surface area contributed by atoms with Crippen molar-refractivity contribution in [2.75, 3.05) is 0 Å². The summed E-state index contributed by atoms with van der Waals surface area (Å²) < 4.78 is 5.57. The van der Waals surface area contributed by atoms with Crippen LogP contribution in [0.2, 0.25) is 0 Å². The molecule has 0 unspecified atom stereocenters. The zero-order valence-corrected chi connectivity index (χ0v) is 9.43. The summed E-state index contributed by atoms with van der Waals surface area (Å²) in [5.41, 5.74) is -0.00810. The third-order valence-corrected chi connectivity index (χ3v) is 3.28. The average molecular weight is 244 g/mol. The first-order valence-electron chi connectivity index (χ1n) is 4.82. The van der Waals surface area contributed by atoms with Crippen molar-refractivity contribution in [3.05, 3.63) is 10.7 Å². The lowest BCUT2D eigenvalue weighted by Crippen LogP contribution is -2.29. The first kappa shape index (κ1) is 9.25. The van der Waals surface area contributed by atoms with Gasteiger partial charge < -0.3 is 4.74 Å². The van der Waals surface area contributed by atoms with Gasteiger partial charge in [-0.1, -0.05) is 35.2 Å². The molecule has 2 nitrogen and oxygen atoms in total. The Hall–Kier alpha value is -0.310. The molecule has 0 N–H and O–H groups in total. The maximum Gasteiger partial charge on any atom is 0.187 e. The van der Waals surface area contributed by atoms with E-state index >= 15 is 0 Å². The Labute approximate surface area is 87.2 Å². The van der Waals surface area contributed by atoms with E-state index in [1.54, 1.807) is 0 Å². The minimum Gasteiger partial charge on any atom is -0.445 e. The molecule has 1 aliphatic carbocycles. The average Bonchev–Trinajstić information content (AvgIpc) is 2.43. The largest absolute Gasteiger partial charge is 0.445 e. The highest BCUT2D eigenvalue weighted by Crippen LogP contribution is 2.42. The van der Waals surface area contributed by atoms with Gasteiger partial charge in [-0.2, -0.15) is 0 Å². The predicted molar refractivity (Wildman–Crippen MR) is 57.0 cm³/mol. The second kappa shape index (κ2) is 3.45. The molecule has 0 aromatic rings. The van der Waals surface area contributed by atoms with Crippen LogP contribution in [-0.4, -0.2) is 11.4 Å². The summed E-state index contributed by atoms with van der Waals surface area (Å²) in [7, 11) is 0. The van der Waals surface area contributed by atoms with Crippen LogP contribution in [0.4, 0.5) is 0 Å². The lowest BCUT2D eigenvalue weighted by atomic mass is 9.81.